The number of fused-ring (bicyclic) bond motifs is 1. The maximum atomic E-state index is 13.0. The number of allylic oxidation sites excluding steroid dienone is 3. The third kappa shape index (κ3) is 5.49. The third-order valence-corrected chi connectivity index (χ3v) is 7.44. The highest BCUT2D eigenvalue weighted by molar-refractivity contribution is 7.89. The number of carbonyl (C=O) groups is 1. The van der Waals surface area contributed by atoms with Gasteiger partial charge in [0.25, 0.3) is 10.0 Å². The van der Waals surface area contributed by atoms with Crippen LogP contribution in [0, 0.1) is 0 Å². The van der Waals surface area contributed by atoms with Gasteiger partial charge in [0, 0.05) is 55.2 Å². The van der Waals surface area contributed by atoms with Crippen LogP contribution in [0.2, 0.25) is 0 Å². The lowest BCUT2D eigenvalue weighted by atomic mass is 10.2. The molecule has 3 aromatic rings. The summed E-state index contributed by atoms with van der Waals surface area (Å²) < 4.78 is 33.9. The first-order valence-corrected chi connectivity index (χ1v) is 13.0. The van der Waals surface area contributed by atoms with E-state index in [1.54, 1.807) is 62.5 Å². The van der Waals surface area contributed by atoms with E-state index in [-0.39, 0.29) is 10.8 Å². The van der Waals surface area contributed by atoms with E-state index < -0.39 is 10.0 Å². The Kier molecular flexibility index (Phi) is 7.54. The van der Waals surface area contributed by atoms with Crippen LogP contribution in [0.3, 0.4) is 0 Å². The number of carbonyl (C=O) groups excluding carboxylic acids is 1. The molecule has 9 nitrogen and oxygen atoms in total. The van der Waals surface area contributed by atoms with E-state index in [0.29, 0.717) is 48.7 Å². The molecule has 2 aromatic heterocycles. The Balaban J connectivity index is 1.40. The number of hydrogen-bond acceptors (Lipinski definition) is 7. The van der Waals surface area contributed by atoms with Gasteiger partial charge >= 0.3 is 0 Å². The van der Waals surface area contributed by atoms with Gasteiger partial charge in [-0.05, 0) is 44.2 Å². The fraction of sp³-hybridized carbons (Fsp3) is 0.269. The monoisotopic (exact) mass is 507 g/mol. The lowest BCUT2D eigenvalue weighted by molar-refractivity contribution is -0.127. The number of ether oxygens (including phenoxy) is 1. The molecule has 0 spiro atoms. The summed E-state index contributed by atoms with van der Waals surface area (Å²) in [7, 11) is -2.23. The summed E-state index contributed by atoms with van der Waals surface area (Å²) in [4.78, 5) is 25.6. The Morgan fingerprint density at radius 1 is 0.972 bits per heavy atom. The molecule has 4 rings (SSSR count). The molecule has 188 valence electrons. The topological polar surface area (TPSA) is 105 Å². The van der Waals surface area contributed by atoms with Gasteiger partial charge in [-0.15, -0.1) is 0 Å². The average molecular weight is 508 g/mol. The molecule has 0 bridgehead atoms. The predicted octanol–water partition coefficient (Wildman–Crippen LogP) is 3.12. The molecule has 10 heteroatoms. The molecule has 1 aliphatic heterocycles. The van der Waals surface area contributed by atoms with Crippen LogP contribution in [0.1, 0.15) is 13.8 Å². The maximum Gasteiger partial charge on any atom is 0.263 e. The highest BCUT2D eigenvalue weighted by Crippen LogP contribution is 2.26. The number of nitrogens with zero attached hydrogens (tertiary/aromatic N) is 4. The average Bonchev–Trinajstić information content (AvgIpc) is 2.90. The van der Waals surface area contributed by atoms with Gasteiger partial charge in [0.15, 0.2) is 11.6 Å². The number of nitrogens with one attached hydrogen (secondary N) is 1. The molecule has 1 N–H and O–H groups in total. The summed E-state index contributed by atoms with van der Waals surface area (Å²) in [5, 5.41) is 0.741. The van der Waals surface area contributed by atoms with Gasteiger partial charge in [0.1, 0.15) is 4.90 Å². The summed E-state index contributed by atoms with van der Waals surface area (Å²) >= 11 is 0. The molecule has 1 aromatic carbocycles. The van der Waals surface area contributed by atoms with E-state index in [4.69, 9.17) is 4.74 Å². The number of hydrogen-bond donors (Lipinski definition) is 1. The summed E-state index contributed by atoms with van der Waals surface area (Å²) in [6.45, 7) is 5.74. The van der Waals surface area contributed by atoms with Crippen molar-refractivity contribution in [3.8, 4) is 5.75 Å². The second-order valence-electron chi connectivity index (χ2n) is 8.44. The van der Waals surface area contributed by atoms with Crippen molar-refractivity contribution in [3.63, 3.8) is 0 Å². The van der Waals surface area contributed by atoms with E-state index in [9.17, 15) is 13.2 Å². The first kappa shape index (κ1) is 25.2. The lowest BCUT2D eigenvalue weighted by Gasteiger charge is -2.36. The molecule has 3 heterocycles. The molecule has 0 unspecified atom stereocenters. The largest absolute Gasteiger partial charge is 0.493 e. The molecule has 1 fully saturated rings. The number of sulfonamides is 1. The van der Waals surface area contributed by atoms with Crippen molar-refractivity contribution < 1.29 is 17.9 Å². The number of rotatable bonds is 7. The zero-order valence-electron chi connectivity index (χ0n) is 20.5. The van der Waals surface area contributed by atoms with Gasteiger partial charge in [-0.2, -0.15) is 0 Å². The molecule has 0 radical (unpaired) electrons. The normalized spacial score (nSPS) is 15.2. The Hall–Kier alpha value is -3.92. The number of para-hydroxylation sites is 1. The first-order chi connectivity index (χ1) is 17.3. The molecule has 1 aliphatic rings. The quantitative estimate of drug-likeness (QED) is 0.387. The summed E-state index contributed by atoms with van der Waals surface area (Å²) in [6.07, 6.45) is 6.52. The zero-order chi connectivity index (χ0) is 25.7. The zero-order valence-corrected chi connectivity index (χ0v) is 21.3. The number of piperazine rings is 1. The fourth-order valence-electron chi connectivity index (χ4n) is 4.07. The lowest BCUT2D eigenvalue weighted by Crippen LogP contribution is -2.49. The fourth-order valence-corrected chi connectivity index (χ4v) is 5.35. The maximum absolute atomic E-state index is 13.0. The van der Waals surface area contributed by atoms with Crippen molar-refractivity contribution >= 4 is 32.7 Å². The van der Waals surface area contributed by atoms with E-state index in [0.717, 1.165) is 11.2 Å². The van der Waals surface area contributed by atoms with Crippen LogP contribution < -0.4 is 14.4 Å². The van der Waals surface area contributed by atoms with Crippen molar-refractivity contribution in [2.45, 2.75) is 18.7 Å². The van der Waals surface area contributed by atoms with Crippen molar-refractivity contribution in [3.05, 3.63) is 78.3 Å². The smallest absolute Gasteiger partial charge is 0.263 e. The van der Waals surface area contributed by atoms with Gasteiger partial charge in [-0.3, -0.25) is 14.5 Å². The van der Waals surface area contributed by atoms with Crippen LogP contribution >= 0.6 is 0 Å². The summed E-state index contributed by atoms with van der Waals surface area (Å²) in [5.41, 5.74) is 1.32. The second-order valence-corrected chi connectivity index (χ2v) is 10.1. The van der Waals surface area contributed by atoms with Crippen LogP contribution in [-0.4, -0.2) is 62.5 Å². The van der Waals surface area contributed by atoms with Crippen LogP contribution in [0.5, 0.6) is 5.75 Å². The van der Waals surface area contributed by atoms with E-state index >= 15 is 0 Å². The van der Waals surface area contributed by atoms with Gasteiger partial charge in [-0.25, -0.2) is 13.4 Å². The molecular formula is C26H29N5O4S. The SMILES string of the molecule is COc1cccnc1N1CCN(C(=O)/C(C)=C/C=C(\C)NS(=O)(=O)c2cccc3cccnc23)CC1. The van der Waals surface area contributed by atoms with Crippen LogP contribution in [-0.2, 0) is 14.8 Å². The second kappa shape index (κ2) is 10.8. The molecular weight excluding hydrogens is 478 g/mol. The molecule has 36 heavy (non-hydrogen) atoms. The van der Waals surface area contributed by atoms with Gasteiger partial charge in [0.05, 0.1) is 12.6 Å². The van der Waals surface area contributed by atoms with Crippen molar-refractivity contribution in [2.24, 2.45) is 0 Å². The van der Waals surface area contributed by atoms with Crippen LogP contribution in [0.4, 0.5) is 5.82 Å². The third-order valence-electron chi connectivity index (χ3n) is 5.94. The Labute approximate surface area is 211 Å². The highest BCUT2D eigenvalue weighted by Gasteiger charge is 2.24. The number of amides is 1. The molecule has 0 atom stereocenters. The Bertz CT molecular complexity index is 1420. The Morgan fingerprint density at radius 2 is 1.67 bits per heavy atom. The molecule has 0 saturated carbocycles. The van der Waals surface area contributed by atoms with E-state index in [1.807, 2.05) is 24.3 Å². The number of methoxy groups -OCH3 is 1. The minimum absolute atomic E-state index is 0.0900. The van der Waals surface area contributed by atoms with Gasteiger partial charge in [0.2, 0.25) is 5.91 Å². The molecule has 1 amide bonds. The predicted molar refractivity (Wildman–Crippen MR) is 139 cm³/mol. The number of pyridine rings is 2. The highest BCUT2D eigenvalue weighted by atomic mass is 32.2. The number of aromatic nitrogens is 2. The minimum Gasteiger partial charge on any atom is -0.493 e. The Morgan fingerprint density at radius 3 is 2.42 bits per heavy atom. The van der Waals surface area contributed by atoms with Gasteiger partial charge < -0.3 is 14.5 Å². The minimum atomic E-state index is -3.84. The number of benzene rings is 1. The first-order valence-electron chi connectivity index (χ1n) is 11.5. The van der Waals surface area contributed by atoms with Crippen molar-refractivity contribution in [2.75, 3.05) is 38.2 Å². The van der Waals surface area contributed by atoms with E-state index in [1.165, 1.54) is 6.07 Å². The van der Waals surface area contributed by atoms with Gasteiger partial charge in [-0.1, -0.05) is 24.3 Å². The van der Waals surface area contributed by atoms with Crippen molar-refractivity contribution in [1.29, 1.82) is 0 Å². The summed E-state index contributed by atoms with van der Waals surface area (Å²) in [6, 6.07) is 12.3. The van der Waals surface area contributed by atoms with Crippen LogP contribution in [0.15, 0.2) is 83.2 Å². The molecule has 1 saturated heterocycles. The summed E-state index contributed by atoms with van der Waals surface area (Å²) in [5.74, 6) is 1.38. The number of anilines is 1. The molecule has 0 aliphatic carbocycles. The standard InChI is InChI=1S/C26H29N5O4S/c1-19(26(32)31-17-15-30(16-18-31)25-22(35-3)9-6-14-28-25)11-12-20(2)29-36(33,34)23-10-4-7-21-8-5-13-27-24(21)23/h4-14,29H,15-18H2,1-3H3/b19-11+,20-12+. The van der Waals surface area contributed by atoms with E-state index in [2.05, 4.69) is 19.6 Å². The van der Waals surface area contributed by atoms with Crippen LogP contribution in [0.25, 0.3) is 10.9 Å². The van der Waals surface area contributed by atoms with Crippen molar-refractivity contribution in [1.82, 2.24) is 19.6 Å².